The first kappa shape index (κ1) is 25.1. The van der Waals surface area contributed by atoms with E-state index in [1.54, 1.807) is 12.2 Å². The molecule has 0 spiro atoms. The molecule has 0 radical (unpaired) electrons. The van der Waals surface area contributed by atoms with Crippen LogP contribution in [0.5, 0.6) is 0 Å². The number of carbonyl (C=O) groups excluding carboxylic acids is 4. The van der Waals surface area contributed by atoms with Crippen molar-refractivity contribution in [3.05, 3.63) is 0 Å². The Kier molecular flexibility index (Phi) is 8.10. The van der Waals surface area contributed by atoms with Crippen molar-refractivity contribution in [2.24, 2.45) is 31.3 Å². The lowest BCUT2D eigenvalue weighted by atomic mass is 9.55. The van der Waals surface area contributed by atoms with Gasteiger partial charge in [-0.2, -0.15) is 20.0 Å². The van der Waals surface area contributed by atoms with Crippen LogP contribution >= 0.6 is 0 Å². The molecular weight excluding hydrogens is 420 g/mol. The summed E-state index contributed by atoms with van der Waals surface area (Å²) in [7, 11) is 0. The predicted molar refractivity (Wildman–Crippen MR) is 122 cm³/mol. The first-order chi connectivity index (χ1) is 15.9. The number of hydrogen-bond acceptors (Lipinski definition) is 8. The van der Waals surface area contributed by atoms with E-state index in [1.807, 2.05) is 19.1 Å². The summed E-state index contributed by atoms with van der Waals surface area (Å²) in [4.78, 5) is 62.5. The lowest BCUT2D eigenvalue weighted by Gasteiger charge is -2.53. The summed E-state index contributed by atoms with van der Waals surface area (Å²) in [5.74, 6) is -0.137. The van der Waals surface area contributed by atoms with E-state index in [-0.39, 0.29) is 5.92 Å². The summed E-state index contributed by atoms with van der Waals surface area (Å²) >= 11 is 0. The molecule has 0 bridgehead atoms. The summed E-state index contributed by atoms with van der Waals surface area (Å²) in [6.07, 6.45) is 19.3. The van der Waals surface area contributed by atoms with Crippen molar-refractivity contribution < 1.29 is 19.2 Å². The van der Waals surface area contributed by atoms with Crippen LogP contribution in [0.4, 0.5) is 0 Å². The second-order valence-electron chi connectivity index (χ2n) is 10.7. The Hall–Kier alpha value is -2.48. The highest BCUT2D eigenvalue weighted by Crippen LogP contribution is 2.58. The molecule has 3 saturated carbocycles. The van der Waals surface area contributed by atoms with E-state index in [0.717, 1.165) is 70.6 Å². The molecule has 0 aliphatic heterocycles. The largest absolute Gasteiger partial charge is 0.237 e. The van der Waals surface area contributed by atoms with Crippen LogP contribution in [0.25, 0.3) is 0 Å². The van der Waals surface area contributed by atoms with Crippen LogP contribution < -0.4 is 0 Å². The molecule has 0 saturated heterocycles. The summed E-state index contributed by atoms with van der Waals surface area (Å²) in [6, 6.07) is 0. The highest BCUT2D eigenvalue weighted by Gasteiger charge is 2.55. The van der Waals surface area contributed by atoms with Crippen LogP contribution in [-0.4, -0.2) is 41.1 Å². The zero-order valence-electron chi connectivity index (χ0n) is 19.6. The normalized spacial score (nSPS) is 32.7. The van der Waals surface area contributed by atoms with Crippen LogP contribution in [0, 0.1) is 11.3 Å². The van der Waals surface area contributed by atoms with E-state index >= 15 is 0 Å². The first-order valence-corrected chi connectivity index (χ1v) is 12.3. The van der Waals surface area contributed by atoms with Gasteiger partial charge in [0.1, 0.15) is 0 Å². The van der Waals surface area contributed by atoms with Gasteiger partial charge in [-0.15, -0.1) is 0 Å². The van der Waals surface area contributed by atoms with Crippen molar-refractivity contribution >= 4 is 24.3 Å². The maximum atomic E-state index is 11.5. The first-order valence-electron chi connectivity index (χ1n) is 12.3. The van der Waals surface area contributed by atoms with Crippen LogP contribution in [0.15, 0.2) is 20.0 Å². The van der Waals surface area contributed by atoms with Crippen molar-refractivity contribution in [2.75, 3.05) is 0 Å². The molecule has 178 valence electrons. The standard InChI is InChI=1S/C25H34N4O4/c1-21-8-13-22(16-25(21,28-19-32)29-20-33,14-23(26-17-30)9-4-2-5-10-23)15-24(27-18-31)11-6-3-7-12-24/h21H,2-16H2,1H3. The molecule has 0 aromatic heterocycles. The Morgan fingerprint density at radius 2 is 1.06 bits per heavy atom. The molecule has 0 amide bonds. The molecule has 1 atom stereocenters. The van der Waals surface area contributed by atoms with Gasteiger partial charge in [0.05, 0.1) is 11.1 Å². The summed E-state index contributed by atoms with van der Waals surface area (Å²) in [6.45, 7) is 1.94. The Labute approximate surface area is 195 Å². The molecule has 0 heterocycles. The van der Waals surface area contributed by atoms with Crippen molar-refractivity contribution in [2.45, 2.75) is 120 Å². The van der Waals surface area contributed by atoms with E-state index in [2.05, 4.69) is 20.0 Å². The zero-order valence-corrected chi connectivity index (χ0v) is 19.6. The van der Waals surface area contributed by atoms with Crippen LogP contribution in [0.1, 0.15) is 103 Å². The van der Waals surface area contributed by atoms with Gasteiger partial charge in [0.25, 0.3) is 0 Å². The second kappa shape index (κ2) is 10.6. The molecule has 1 unspecified atom stereocenters. The molecule has 0 aromatic rings. The third-order valence-corrected chi connectivity index (χ3v) is 8.55. The molecule has 8 nitrogen and oxygen atoms in total. The molecule has 0 aromatic carbocycles. The summed E-state index contributed by atoms with van der Waals surface area (Å²) < 4.78 is 0. The molecule has 3 aliphatic carbocycles. The van der Waals surface area contributed by atoms with Crippen molar-refractivity contribution in [1.82, 2.24) is 0 Å². The Morgan fingerprint density at radius 3 is 1.45 bits per heavy atom. The Morgan fingerprint density at radius 1 is 0.636 bits per heavy atom. The second-order valence-corrected chi connectivity index (χ2v) is 10.7. The smallest absolute Gasteiger partial charge is 0.211 e. The third kappa shape index (κ3) is 5.54. The van der Waals surface area contributed by atoms with Gasteiger partial charge in [0.15, 0.2) is 5.66 Å². The maximum Gasteiger partial charge on any atom is 0.237 e. The van der Waals surface area contributed by atoms with Crippen LogP contribution in [-0.2, 0) is 19.2 Å². The average Bonchev–Trinajstić information content (AvgIpc) is 2.78. The minimum atomic E-state index is -1.25. The molecule has 3 rings (SSSR count). The maximum absolute atomic E-state index is 11.5. The molecule has 3 fully saturated rings. The number of isocyanates is 4. The van der Waals surface area contributed by atoms with Gasteiger partial charge in [-0.05, 0) is 56.8 Å². The summed E-state index contributed by atoms with van der Waals surface area (Å²) in [5, 5.41) is 0. The molecule has 33 heavy (non-hydrogen) atoms. The van der Waals surface area contributed by atoms with Crippen LogP contribution in [0.3, 0.4) is 0 Å². The number of rotatable bonds is 8. The van der Waals surface area contributed by atoms with Gasteiger partial charge >= 0.3 is 0 Å². The van der Waals surface area contributed by atoms with E-state index in [9.17, 15) is 19.2 Å². The fraction of sp³-hybridized carbons (Fsp3) is 0.840. The van der Waals surface area contributed by atoms with Gasteiger partial charge in [-0.25, -0.2) is 19.2 Å². The topological polar surface area (TPSA) is 118 Å². The number of nitrogens with zero attached hydrogens (tertiary/aromatic N) is 4. The fourth-order valence-electron chi connectivity index (χ4n) is 7.08. The van der Waals surface area contributed by atoms with Gasteiger partial charge < -0.3 is 0 Å². The number of hydrogen-bond donors (Lipinski definition) is 0. The van der Waals surface area contributed by atoms with E-state index in [4.69, 9.17) is 0 Å². The molecule has 3 aliphatic rings. The van der Waals surface area contributed by atoms with Crippen molar-refractivity contribution in [1.29, 1.82) is 0 Å². The van der Waals surface area contributed by atoms with Crippen molar-refractivity contribution in [3.8, 4) is 0 Å². The lowest BCUT2D eigenvalue weighted by molar-refractivity contribution is 0.00925. The average molecular weight is 455 g/mol. The van der Waals surface area contributed by atoms with Gasteiger partial charge in [-0.3, -0.25) is 0 Å². The minimum absolute atomic E-state index is 0.137. The van der Waals surface area contributed by atoms with E-state index in [0.29, 0.717) is 25.7 Å². The van der Waals surface area contributed by atoms with Gasteiger partial charge in [-0.1, -0.05) is 45.4 Å². The third-order valence-electron chi connectivity index (χ3n) is 8.55. The quantitative estimate of drug-likeness (QED) is 0.378. The van der Waals surface area contributed by atoms with E-state index < -0.39 is 22.2 Å². The van der Waals surface area contributed by atoms with Gasteiger partial charge in [0, 0.05) is 12.3 Å². The SMILES string of the molecule is CC1CCC(CC2(N=C=O)CCCCC2)(CC2(N=C=O)CCCCC2)CC1(N=C=O)N=C=O. The van der Waals surface area contributed by atoms with Gasteiger partial charge in [0.2, 0.25) is 24.3 Å². The highest BCUT2D eigenvalue weighted by atomic mass is 16.1. The predicted octanol–water partition coefficient (Wildman–Crippen LogP) is 5.02. The molecule has 8 heteroatoms. The van der Waals surface area contributed by atoms with Crippen molar-refractivity contribution in [3.63, 3.8) is 0 Å². The Balaban J connectivity index is 2.11. The van der Waals surface area contributed by atoms with E-state index in [1.165, 1.54) is 0 Å². The number of aliphatic imine (C=N–C) groups is 4. The molecule has 0 N–H and O–H groups in total. The minimum Gasteiger partial charge on any atom is -0.211 e. The highest BCUT2D eigenvalue weighted by molar-refractivity contribution is 5.40. The molecular formula is C25H34N4O4. The monoisotopic (exact) mass is 454 g/mol. The summed E-state index contributed by atoms with van der Waals surface area (Å²) in [5.41, 5.74) is -2.78. The zero-order chi connectivity index (χ0) is 23.8. The lowest BCUT2D eigenvalue weighted by Crippen LogP contribution is -2.51. The van der Waals surface area contributed by atoms with Crippen LogP contribution in [0.2, 0.25) is 0 Å². The Bertz CT molecular complexity index is 833. The fourth-order valence-corrected chi connectivity index (χ4v) is 7.08.